The zero-order chi connectivity index (χ0) is 20.5. The average molecular weight is 443 g/mol. The number of fused-ring (bicyclic) bond motifs is 4. The zero-order valence-corrected chi connectivity index (χ0v) is 19.3. The first-order valence-corrected chi connectivity index (χ1v) is 12.6. The molecule has 6 atom stereocenters. The van der Waals surface area contributed by atoms with Crippen LogP contribution in [0.4, 0.5) is 0 Å². The second-order valence-corrected chi connectivity index (χ2v) is 10.8. The van der Waals surface area contributed by atoms with Gasteiger partial charge in [0.2, 0.25) is 0 Å². The van der Waals surface area contributed by atoms with E-state index >= 15 is 0 Å². The van der Waals surface area contributed by atoms with E-state index in [1.807, 2.05) is 0 Å². The Morgan fingerprint density at radius 1 is 0.667 bits per heavy atom. The molecule has 0 unspecified atom stereocenters. The maximum absolute atomic E-state index is 5.53. The molecule has 1 aromatic rings. The maximum Gasteiger partial charge on any atom is 0.166 e. The molecule has 0 aliphatic heterocycles. The van der Waals surface area contributed by atoms with Crippen molar-refractivity contribution in [3.05, 3.63) is 35.4 Å². The molecule has 0 spiro atoms. The Morgan fingerprint density at radius 3 is 1.43 bits per heavy atom. The molecule has 4 bridgehead atoms. The lowest BCUT2D eigenvalue weighted by atomic mass is 9.95. The summed E-state index contributed by atoms with van der Waals surface area (Å²) in [7, 11) is 0. The van der Waals surface area contributed by atoms with Gasteiger partial charge in [-0.15, -0.1) is 0 Å². The minimum Gasteiger partial charge on any atom is -0.360 e. The normalized spacial score (nSPS) is 33.5. The lowest BCUT2D eigenvalue weighted by Gasteiger charge is -2.24. The predicted octanol–water partition coefficient (Wildman–Crippen LogP) is 3.99. The number of thiocarbonyl (C=S) groups is 2. The Balaban J connectivity index is 1.01. The van der Waals surface area contributed by atoms with Crippen molar-refractivity contribution in [2.24, 2.45) is 23.7 Å². The molecule has 4 aliphatic rings. The van der Waals surface area contributed by atoms with Gasteiger partial charge in [0, 0.05) is 25.2 Å². The van der Waals surface area contributed by atoms with Crippen LogP contribution in [-0.4, -0.2) is 22.3 Å². The first kappa shape index (κ1) is 20.5. The van der Waals surface area contributed by atoms with E-state index in [0.29, 0.717) is 12.1 Å². The van der Waals surface area contributed by atoms with Gasteiger partial charge in [0.05, 0.1) is 0 Å². The van der Waals surface area contributed by atoms with E-state index in [-0.39, 0.29) is 0 Å². The summed E-state index contributed by atoms with van der Waals surface area (Å²) in [4.78, 5) is 0. The van der Waals surface area contributed by atoms with E-state index in [1.165, 1.54) is 62.5 Å². The number of benzene rings is 1. The third kappa shape index (κ3) is 4.75. The van der Waals surface area contributed by atoms with Crippen LogP contribution in [0.5, 0.6) is 0 Å². The summed E-state index contributed by atoms with van der Waals surface area (Å²) in [6.45, 7) is 1.54. The summed E-state index contributed by atoms with van der Waals surface area (Å²) in [5.74, 6) is 3.55. The molecule has 4 fully saturated rings. The van der Waals surface area contributed by atoms with Gasteiger partial charge in [-0.2, -0.15) is 0 Å². The second kappa shape index (κ2) is 8.99. The van der Waals surface area contributed by atoms with Crippen molar-refractivity contribution in [2.75, 3.05) is 0 Å². The Bertz CT molecular complexity index is 715. The summed E-state index contributed by atoms with van der Waals surface area (Å²) >= 11 is 11.1. The fraction of sp³-hybridized carbons (Fsp3) is 0.667. The van der Waals surface area contributed by atoms with Crippen LogP contribution in [-0.2, 0) is 13.1 Å². The molecule has 162 valence electrons. The molecule has 0 aromatic heterocycles. The summed E-state index contributed by atoms with van der Waals surface area (Å²) in [6.07, 6.45) is 11.0. The van der Waals surface area contributed by atoms with Gasteiger partial charge >= 0.3 is 0 Å². The van der Waals surface area contributed by atoms with Crippen LogP contribution >= 0.6 is 24.4 Å². The van der Waals surface area contributed by atoms with E-state index in [9.17, 15) is 0 Å². The molecule has 5 rings (SSSR count). The van der Waals surface area contributed by atoms with Crippen LogP contribution < -0.4 is 21.3 Å². The van der Waals surface area contributed by atoms with E-state index in [0.717, 1.165) is 47.0 Å². The van der Waals surface area contributed by atoms with Crippen LogP contribution in [0.2, 0.25) is 0 Å². The summed E-state index contributed by atoms with van der Waals surface area (Å²) in [5, 5.41) is 15.5. The predicted molar refractivity (Wildman–Crippen MR) is 130 cm³/mol. The van der Waals surface area contributed by atoms with Gasteiger partial charge in [0.1, 0.15) is 0 Å². The van der Waals surface area contributed by atoms with Crippen molar-refractivity contribution in [1.82, 2.24) is 21.3 Å². The van der Waals surface area contributed by atoms with Gasteiger partial charge in [-0.1, -0.05) is 37.1 Å². The lowest BCUT2D eigenvalue weighted by Crippen LogP contribution is -2.44. The van der Waals surface area contributed by atoms with Crippen molar-refractivity contribution >= 4 is 34.7 Å². The molecule has 6 heteroatoms. The van der Waals surface area contributed by atoms with Crippen molar-refractivity contribution < 1.29 is 0 Å². The molecule has 0 radical (unpaired) electrons. The summed E-state index contributed by atoms with van der Waals surface area (Å²) in [6, 6.07) is 9.89. The SMILES string of the molecule is S=C(NCc1ccc(CNC(=S)N[C@H]2C[C@H]3CC[C@H]2C3)cc1)N[C@H]1C[C@H]2CC[C@H]1C2. The van der Waals surface area contributed by atoms with Gasteiger partial charge in [0.25, 0.3) is 0 Å². The van der Waals surface area contributed by atoms with E-state index in [1.54, 1.807) is 0 Å². The minimum absolute atomic E-state index is 0.592. The second-order valence-electron chi connectivity index (χ2n) is 10.0. The van der Waals surface area contributed by atoms with Gasteiger partial charge in [-0.05, 0) is 97.8 Å². The maximum atomic E-state index is 5.53. The highest BCUT2D eigenvalue weighted by atomic mass is 32.1. The molecule has 4 N–H and O–H groups in total. The van der Waals surface area contributed by atoms with Crippen LogP contribution in [0, 0.1) is 23.7 Å². The molecule has 0 saturated heterocycles. The van der Waals surface area contributed by atoms with Crippen molar-refractivity contribution in [3.8, 4) is 0 Å². The standard InChI is InChI=1S/C24H34N4S2/c29-23(27-21-11-17-5-7-19(21)9-17)25-13-15-1-2-16(4-3-15)14-26-24(30)28-22-12-18-6-8-20(22)10-18/h1-4,17-22H,5-14H2,(H2,25,27,29)(H2,26,28,30)/t17-,18-,19-,20-,21-,22-/m0/s1. The molecule has 1 aromatic carbocycles. The number of hydrogen-bond acceptors (Lipinski definition) is 2. The smallest absolute Gasteiger partial charge is 0.166 e. The van der Waals surface area contributed by atoms with E-state index in [4.69, 9.17) is 24.4 Å². The Labute approximate surface area is 191 Å². The monoisotopic (exact) mass is 442 g/mol. The Kier molecular flexibility index (Phi) is 6.15. The highest BCUT2D eigenvalue weighted by Crippen LogP contribution is 2.45. The molecule has 4 nitrogen and oxygen atoms in total. The third-order valence-corrected chi connectivity index (χ3v) is 8.56. The molecule has 0 heterocycles. The first-order chi connectivity index (χ1) is 14.6. The van der Waals surface area contributed by atoms with E-state index in [2.05, 4.69) is 45.5 Å². The fourth-order valence-electron chi connectivity index (χ4n) is 6.42. The minimum atomic E-state index is 0.592. The fourth-order valence-corrected chi connectivity index (χ4v) is 6.87. The zero-order valence-electron chi connectivity index (χ0n) is 17.7. The first-order valence-electron chi connectivity index (χ1n) is 11.8. The van der Waals surface area contributed by atoms with Gasteiger partial charge in [-0.3, -0.25) is 0 Å². The average Bonchev–Trinajstić information content (AvgIpc) is 3.53. The number of rotatable bonds is 6. The van der Waals surface area contributed by atoms with Crippen LogP contribution in [0.3, 0.4) is 0 Å². The Hall–Kier alpha value is -1.40. The van der Waals surface area contributed by atoms with Crippen LogP contribution in [0.25, 0.3) is 0 Å². The van der Waals surface area contributed by atoms with Crippen molar-refractivity contribution in [3.63, 3.8) is 0 Å². The van der Waals surface area contributed by atoms with E-state index < -0.39 is 0 Å². The highest BCUT2D eigenvalue weighted by Gasteiger charge is 2.40. The highest BCUT2D eigenvalue weighted by molar-refractivity contribution is 7.80. The quantitative estimate of drug-likeness (QED) is 0.500. The van der Waals surface area contributed by atoms with Gasteiger partial charge in [0.15, 0.2) is 10.2 Å². The summed E-state index contributed by atoms with van der Waals surface area (Å²) in [5.41, 5.74) is 2.50. The van der Waals surface area contributed by atoms with Crippen molar-refractivity contribution in [1.29, 1.82) is 0 Å². The topological polar surface area (TPSA) is 48.1 Å². The Morgan fingerprint density at radius 2 is 1.10 bits per heavy atom. The largest absolute Gasteiger partial charge is 0.360 e. The molecular weight excluding hydrogens is 408 g/mol. The molecule has 30 heavy (non-hydrogen) atoms. The number of hydrogen-bond donors (Lipinski definition) is 4. The van der Waals surface area contributed by atoms with Gasteiger partial charge < -0.3 is 21.3 Å². The summed E-state index contributed by atoms with van der Waals surface area (Å²) < 4.78 is 0. The molecule has 0 amide bonds. The lowest BCUT2D eigenvalue weighted by molar-refractivity contribution is 0.389. The molecule has 4 aliphatic carbocycles. The van der Waals surface area contributed by atoms with Crippen LogP contribution in [0.1, 0.15) is 62.5 Å². The van der Waals surface area contributed by atoms with Gasteiger partial charge in [-0.25, -0.2) is 0 Å². The number of nitrogens with one attached hydrogen (secondary N) is 4. The molecule has 4 saturated carbocycles. The molecular formula is C24H34N4S2. The third-order valence-electron chi connectivity index (χ3n) is 8.04. The van der Waals surface area contributed by atoms with Crippen LogP contribution in [0.15, 0.2) is 24.3 Å². The van der Waals surface area contributed by atoms with Crippen molar-refractivity contribution in [2.45, 2.75) is 76.5 Å².